The average molecular weight is 343 g/mol. The second-order valence-corrected chi connectivity index (χ2v) is 5.15. The van der Waals surface area contributed by atoms with E-state index in [9.17, 15) is 19.2 Å². The van der Waals surface area contributed by atoms with Crippen molar-refractivity contribution in [1.29, 1.82) is 0 Å². The lowest BCUT2D eigenvalue weighted by atomic mass is 10.1. The van der Waals surface area contributed by atoms with Crippen LogP contribution in [0.2, 0.25) is 0 Å². The van der Waals surface area contributed by atoms with Crippen LogP contribution in [-0.2, 0) is 19.2 Å². The molecule has 0 saturated heterocycles. The molecule has 0 fully saturated rings. The first-order valence-electron chi connectivity index (χ1n) is 7.73. The average Bonchev–Trinajstić information content (AvgIpc) is 3.27. The highest BCUT2D eigenvalue weighted by atomic mass is 16.4. The predicted octanol–water partition coefficient (Wildman–Crippen LogP) is -0.0741. The Labute approximate surface area is 140 Å². The number of carbonyl (C=O) groups is 4. The van der Waals surface area contributed by atoms with Crippen LogP contribution in [0.4, 0.5) is 0 Å². The Kier molecular flexibility index (Phi) is 9.21. The zero-order valence-corrected chi connectivity index (χ0v) is 14.2. The molecule has 0 aliphatic carbocycles. The topological polar surface area (TPSA) is 163 Å². The van der Waals surface area contributed by atoms with Crippen molar-refractivity contribution < 1.29 is 24.3 Å². The molecule has 0 spiro atoms. The van der Waals surface area contributed by atoms with Gasteiger partial charge in [-0.05, 0) is 13.3 Å². The normalized spacial score (nSPS) is 14.6. The molecule has 0 saturated carbocycles. The van der Waals surface area contributed by atoms with Crippen LogP contribution in [0.25, 0.3) is 0 Å². The Morgan fingerprint density at radius 1 is 1.17 bits per heavy atom. The van der Waals surface area contributed by atoms with Crippen molar-refractivity contribution in [2.75, 3.05) is 6.54 Å². The molecule has 5 N–H and O–H groups in total. The third-order valence-corrected chi connectivity index (χ3v) is 3.01. The van der Waals surface area contributed by atoms with Gasteiger partial charge in [-0.1, -0.05) is 13.8 Å². The van der Waals surface area contributed by atoms with Gasteiger partial charge in [0.05, 0.1) is 0 Å². The molecule has 136 valence electrons. The summed E-state index contributed by atoms with van der Waals surface area (Å²) in [6.45, 7) is 5.20. The van der Waals surface area contributed by atoms with E-state index in [-0.39, 0.29) is 19.3 Å². The molecular weight excluding hydrogens is 318 g/mol. The van der Waals surface area contributed by atoms with Crippen LogP contribution in [-0.4, -0.2) is 47.0 Å². The molecule has 10 nitrogen and oxygen atoms in total. The van der Waals surface area contributed by atoms with E-state index in [0.717, 1.165) is 0 Å². The molecule has 1 rings (SSSR count). The van der Waals surface area contributed by atoms with Crippen LogP contribution in [0.3, 0.4) is 0 Å². The second-order valence-electron chi connectivity index (χ2n) is 5.15. The summed E-state index contributed by atoms with van der Waals surface area (Å²) in [6.07, 6.45) is 0.424. The molecule has 0 bridgehead atoms. The Bertz CT molecular complexity index is 500. The number of nitrogens with two attached hydrogens (primary N) is 1. The number of amides is 3. The molecule has 1 atom stereocenters. The van der Waals surface area contributed by atoms with Gasteiger partial charge in [0.25, 0.3) is 0 Å². The number of carboxylic acids is 1. The number of hydrogen-bond acceptors (Lipinski definition) is 6. The highest BCUT2D eigenvalue weighted by Crippen LogP contribution is 2.31. The maximum Gasteiger partial charge on any atom is 0.322 e. The smallest absolute Gasteiger partial charge is 0.322 e. The summed E-state index contributed by atoms with van der Waals surface area (Å²) in [5.41, 5.74) is 4.49. The van der Waals surface area contributed by atoms with Gasteiger partial charge >= 0.3 is 5.97 Å². The highest BCUT2D eigenvalue weighted by Gasteiger charge is 2.34. The quantitative estimate of drug-likeness (QED) is 0.435. The van der Waals surface area contributed by atoms with E-state index >= 15 is 0 Å². The van der Waals surface area contributed by atoms with Gasteiger partial charge in [-0.2, -0.15) is 10.2 Å². The van der Waals surface area contributed by atoms with Gasteiger partial charge in [-0.25, -0.2) is 0 Å². The van der Waals surface area contributed by atoms with E-state index in [1.165, 1.54) is 0 Å². The van der Waals surface area contributed by atoms with Gasteiger partial charge in [-0.15, -0.1) is 0 Å². The molecule has 0 aromatic heterocycles. The Hall–Kier alpha value is -2.52. The van der Waals surface area contributed by atoms with E-state index in [2.05, 4.69) is 20.9 Å². The number of hydrogen-bond donors (Lipinski definition) is 4. The lowest BCUT2D eigenvalue weighted by Gasteiger charge is -2.17. The fraction of sp³-hybridized carbons (Fsp3) is 0.714. The molecule has 10 heteroatoms. The third-order valence-electron chi connectivity index (χ3n) is 3.01. The largest absolute Gasteiger partial charge is 0.480 e. The van der Waals surface area contributed by atoms with Crippen LogP contribution in [0.15, 0.2) is 10.2 Å². The maximum absolute atomic E-state index is 11.8. The zero-order chi connectivity index (χ0) is 18.8. The van der Waals surface area contributed by atoms with Crippen molar-refractivity contribution in [2.24, 2.45) is 16.0 Å². The van der Waals surface area contributed by atoms with Crippen LogP contribution >= 0.6 is 0 Å². The number of nitrogens with zero attached hydrogens (tertiary/aromatic N) is 2. The van der Waals surface area contributed by atoms with Gasteiger partial charge in [0, 0.05) is 19.3 Å². The molecule has 24 heavy (non-hydrogen) atoms. The van der Waals surface area contributed by atoms with Gasteiger partial charge in [0.2, 0.25) is 17.7 Å². The lowest BCUT2D eigenvalue weighted by Crippen LogP contribution is -2.48. The molecule has 3 amide bonds. The molecule has 0 radical (unpaired) electrons. The van der Waals surface area contributed by atoms with Crippen LogP contribution < -0.4 is 16.4 Å². The number of carboxylic acid groups (broad SMARTS) is 1. The second kappa shape index (κ2) is 10.3. The van der Waals surface area contributed by atoms with Crippen molar-refractivity contribution in [3.05, 3.63) is 0 Å². The predicted molar refractivity (Wildman–Crippen MR) is 84.8 cm³/mol. The van der Waals surface area contributed by atoms with Crippen LogP contribution in [0.5, 0.6) is 0 Å². The Morgan fingerprint density at radius 2 is 1.75 bits per heavy atom. The zero-order valence-electron chi connectivity index (χ0n) is 14.2. The Balaban J connectivity index is 0.00000254. The molecular formula is C14H25N5O5. The number of aliphatic carboxylic acids is 1. The van der Waals surface area contributed by atoms with E-state index in [4.69, 9.17) is 10.8 Å². The van der Waals surface area contributed by atoms with Gasteiger partial charge in [0.15, 0.2) is 5.66 Å². The first-order chi connectivity index (χ1) is 11.2. The monoisotopic (exact) mass is 343 g/mol. The van der Waals surface area contributed by atoms with Crippen molar-refractivity contribution in [3.63, 3.8) is 0 Å². The number of primary amides is 1. The molecule has 0 aromatic carbocycles. The molecule has 1 aliphatic heterocycles. The first kappa shape index (κ1) is 21.5. The van der Waals surface area contributed by atoms with Crippen molar-refractivity contribution in [1.82, 2.24) is 10.6 Å². The summed E-state index contributed by atoms with van der Waals surface area (Å²) in [6, 6.07) is -1.01. The summed E-state index contributed by atoms with van der Waals surface area (Å²) in [5.74, 6) is -2.91. The van der Waals surface area contributed by atoms with Crippen LogP contribution in [0.1, 0.15) is 46.5 Å². The Morgan fingerprint density at radius 3 is 2.21 bits per heavy atom. The van der Waals surface area contributed by atoms with Crippen LogP contribution in [0, 0.1) is 0 Å². The van der Waals surface area contributed by atoms with Gasteiger partial charge in [0.1, 0.15) is 12.6 Å². The molecule has 1 heterocycles. The highest BCUT2D eigenvalue weighted by molar-refractivity contribution is 5.89. The van der Waals surface area contributed by atoms with Crippen molar-refractivity contribution >= 4 is 23.7 Å². The van der Waals surface area contributed by atoms with E-state index in [1.54, 1.807) is 6.92 Å². The van der Waals surface area contributed by atoms with E-state index in [0.29, 0.717) is 6.42 Å². The summed E-state index contributed by atoms with van der Waals surface area (Å²) >= 11 is 0. The maximum atomic E-state index is 11.8. The van der Waals surface area contributed by atoms with Crippen molar-refractivity contribution in [2.45, 2.75) is 58.2 Å². The minimum Gasteiger partial charge on any atom is -0.480 e. The minimum atomic E-state index is -1.21. The SMILES string of the molecule is CC.CC1(CCC(=O)NC(CCC(N)=O)C(=O)NCC(=O)O)N=N1. The molecule has 1 unspecified atom stereocenters. The molecule has 1 aliphatic rings. The summed E-state index contributed by atoms with van der Waals surface area (Å²) in [4.78, 5) is 44.9. The summed E-state index contributed by atoms with van der Waals surface area (Å²) < 4.78 is 0. The van der Waals surface area contributed by atoms with E-state index < -0.39 is 41.9 Å². The number of rotatable bonds is 10. The van der Waals surface area contributed by atoms with Gasteiger partial charge < -0.3 is 21.5 Å². The fourth-order valence-corrected chi connectivity index (χ4v) is 1.64. The summed E-state index contributed by atoms with van der Waals surface area (Å²) in [7, 11) is 0. The number of carbonyl (C=O) groups excluding carboxylic acids is 3. The van der Waals surface area contributed by atoms with Gasteiger partial charge in [-0.3, -0.25) is 19.2 Å². The minimum absolute atomic E-state index is 0.00144. The molecule has 0 aromatic rings. The third kappa shape index (κ3) is 9.49. The fourth-order valence-electron chi connectivity index (χ4n) is 1.64. The standard InChI is InChI=1S/C12H19N5O5.C2H6/c1-12(16-17-12)5-4-9(19)15-7(2-3-8(13)18)11(22)14-6-10(20)21;1-2/h7H,2-6H2,1H3,(H2,13,18)(H,14,22)(H,15,19)(H,20,21);1-2H3. The van der Waals surface area contributed by atoms with E-state index in [1.807, 2.05) is 13.8 Å². The lowest BCUT2D eigenvalue weighted by molar-refractivity contribution is -0.138. The first-order valence-corrected chi connectivity index (χ1v) is 7.73. The summed E-state index contributed by atoms with van der Waals surface area (Å²) in [5, 5.41) is 20.7. The van der Waals surface area contributed by atoms with Crippen molar-refractivity contribution in [3.8, 4) is 0 Å². The number of nitrogens with one attached hydrogen (secondary N) is 2.